The molecule has 0 aromatic carbocycles. The van der Waals surface area contributed by atoms with Crippen LogP contribution in [-0.4, -0.2) is 43.9 Å². The minimum Gasteiger partial charge on any atom is -0.550 e. The van der Waals surface area contributed by atoms with Crippen LogP contribution in [0.15, 0.2) is 0 Å². The average Bonchev–Trinajstić information content (AvgIpc) is 1.81. The third-order valence-electron chi connectivity index (χ3n) is 1.76. The second-order valence-electron chi connectivity index (χ2n) is 4.36. The molecule has 0 aliphatic heterocycles. The molecule has 0 fully saturated rings. The summed E-state index contributed by atoms with van der Waals surface area (Å²) in [6, 6.07) is 0. The number of nitrogens with zero attached hydrogens (tertiary/aromatic N) is 1. The van der Waals surface area contributed by atoms with Crippen LogP contribution in [0.5, 0.6) is 0 Å². The van der Waals surface area contributed by atoms with E-state index in [1.54, 1.807) is 0 Å². The van der Waals surface area contributed by atoms with Gasteiger partial charge >= 0.3 is 0 Å². The first-order valence-corrected chi connectivity index (χ1v) is 4.23. The van der Waals surface area contributed by atoms with E-state index in [0.717, 1.165) is 0 Å². The number of quaternary nitrogens is 1. The lowest BCUT2D eigenvalue weighted by Gasteiger charge is -2.28. The van der Waals surface area contributed by atoms with Gasteiger partial charge in [-0.1, -0.05) is 0 Å². The Kier molecular flexibility index (Phi) is 4.07. The Morgan fingerprint density at radius 2 is 1.77 bits per heavy atom. The minimum absolute atomic E-state index is 0.0859. The van der Waals surface area contributed by atoms with Crippen LogP contribution in [0.3, 0.4) is 0 Å². The third-order valence-corrected chi connectivity index (χ3v) is 1.76. The first-order valence-electron chi connectivity index (χ1n) is 4.23. The molecule has 0 rings (SSSR count). The zero-order valence-electron chi connectivity index (χ0n) is 8.66. The quantitative estimate of drug-likeness (QED) is 0.521. The van der Waals surface area contributed by atoms with Crippen molar-refractivity contribution in [2.45, 2.75) is 13.3 Å². The molecule has 13 heavy (non-hydrogen) atoms. The number of aliphatic carboxylic acids is 1. The highest BCUT2D eigenvalue weighted by Gasteiger charge is 2.22. The van der Waals surface area contributed by atoms with Gasteiger partial charge in [-0.15, -0.1) is 0 Å². The summed E-state index contributed by atoms with van der Waals surface area (Å²) < 4.78 is 0.581. The predicted octanol–water partition coefficient (Wildman–Crippen LogP) is -0.962. The number of rotatable bonds is 5. The van der Waals surface area contributed by atoms with Crippen molar-refractivity contribution in [2.24, 2.45) is 5.92 Å². The van der Waals surface area contributed by atoms with Crippen molar-refractivity contribution in [3.05, 3.63) is 0 Å². The topological polar surface area (TPSA) is 57.2 Å². The number of ketones is 1. The molecule has 0 aromatic rings. The number of carboxylic acid groups (broad SMARTS) is 1. The van der Waals surface area contributed by atoms with Crippen LogP contribution in [0, 0.1) is 5.92 Å². The Hall–Kier alpha value is -0.900. The monoisotopic (exact) mass is 187 g/mol. The summed E-state index contributed by atoms with van der Waals surface area (Å²) in [5, 5.41) is 10.3. The smallest absolute Gasteiger partial charge is 0.138 e. The highest BCUT2D eigenvalue weighted by atomic mass is 16.4. The zero-order chi connectivity index (χ0) is 10.6. The largest absolute Gasteiger partial charge is 0.550 e. The number of Topliss-reactive ketones (excluding diaryl/α,β-unsaturated/α-hetero) is 1. The second kappa shape index (κ2) is 4.37. The lowest BCUT2D eigenvalue weighted by atomic mass is 10.0. The average molecular weight is 187 g/mol. The van der Waals surface area contributed by atoms with Gasteiger partial charge in [0.1, 0.15) is 5.78 Å². The van der Waals surface area contributed by atoms with Crippen LogP contribution in [0.25, 0.3) is 0 Å². The van der Waals surface area contributed by atoms with Gasteiger partial charge in [-0.25, -0.2) is 0 Å². The normalized spacial score (nSPS) is 13.8. The summed E-state index contributed by atoms with van der Waals surface area (Å²) in [6.07, 6.45) is -0.176. The van der Waals surface area contributed by atoms with Crippen molar-refractivity contribution in [3.8, 4) is 0 Å². The molecule has 4 nitrogen and oxygen atoms in total. The van der Waals surface area contributed by atoms with E-state index in [9.17, 15) is 14.7 Å². The molecule has 0 saturated carbocycles. The Morgan fingerprint density at radius 1 is 1.31 bits per heavy atom. The molecule has 0 bridgehead atoms. The molecule has 0 unspecified atom stereocenters. The molecule has 0 N–H and O–H groups in total. The fraction of sp³-hybridized carbons (Fsp3) is 0.778. The zero-order valence-corrected chi connectivity index (χ0v) is 8.66. The molecule has 0 saturated heterocycles. The molecule has 0 aliphatic rings. The van der Waals surface area contributed by atoms with Gasteiger partial charge in [0.2, 0.25) is 0 Å². The third kappa shape index (κ3) is 6.28. The summed E-state index contributed by atoms with van der Waals surface area (Å²) in [7, 11) is 5.77. The summed E-state index contributed by atoms with van der Waals surface area (Å²) in [6.45, 7) is 1.95. The van der Waals surface area contributed by atoms with E-state index in [2.05, 4.69) is 0 Å². The number of carbonyl (C=O) groups excluding carboxylic acids is 2. The predicted molar refractivity (Wildman–Crippen MR) is 46.7 cm³/mol. The summed E-state index contributed by atoms with van der Waals surface area (Å²) in [4.78, 5) is 21.4. The molecule has 76 valence electrons. The molecule has 0 amide bonds. The van der Waals surface area contributed by atoms with Crippen LogP contribution in [0.4, 0.5) is 0 Å². The lowest BCUT2D eigenvalue weighted by molar-refractivity contribution is -0.872. The fourth-order valence-corrected chi connectivity index (χ4v) is 1.20. The summed E-state index contributed by atoms with van der Waals surface area (Å²) in [5.41, 5.74) is 0. The maximum atomic E-state index is 11.1. The SMILES string of the molecule is CC(=O)[C@H](CC(=O)[O-])C[N+](C)(C)C. The Labute approximate surface area is 78.7 Å². The van der Waals surface area contributed by atoms with Gasteiger partial charge < -0.3 is 14.4 Å². The first-order chi connectivity index (χ1) is 5.72. The van der Waals surface area contributed by atoms with Crippen LogP contribution in [0.2, 0.25) is 0 Å². The van der Waals surface area contributed by atoms with Gasteiger partial charge in [0.05, 0.1) is 33.6 Å². The van der Waals surface area contributed by atoms with Crippen LogP contribution in [-0.2, 0) is 9.59 Å². The van der Waals surface area contributed by atoms with Gasteiger partial charge in [-0.3, -0.25) is 4.79 Å². The van der Waals surface area contributed by atoms with Gasteiger partial charge in [0.25, 0.3) is 0 Å². The molecular weight excluding hydrogens is 170 g/mol. The molecular formula is C9H17NO3. The van der Waals surface area contributed by atoms with Gasteiger partial charge in [0.15, 0.2) is 0 Å². The summed E-state index contributed by atoms with van der Waals surface area (Å²) in [5.74, 6) is -1.67. The maximum Gasteiger partial charge on any atom is 0.138 e. The second-order valence-corrected chi connectivity index (χ2v) is 4.36. The standard InChI is InChI=1S/C9H17NO3/c1-7(11)8(5-9(12)13)6-10(2,3)4/h8H,5-6H2,1-4H3/t8-/m1/s1. The Balaban J connectivity index is 4.27. The van der Waals surface area contributed by atoms with E-state index in [0.29, 0.717) is 11.0 Å². The van der Waals surface area contributed by atoms with Crippen molar-refractivity contribution in [2.75, 3.05) is 27.7 Å². The number of carbonyl (C=O) groups is 2. The highest BCUT2D eigenvalue weighted by molar-refractivity contribution is 5.82. The van der Waals surface area contributed by atoms with E-state index in [1.165, 1.54) is 6.92 Å². The van der Waals surface area contributed by atoms with Crippen molar-refractivity contribution < 1.29 is 19.2 Å². The van der Waals surface area contributed by atoms with Crippen molar-refractivity contribution in [1.29, 1.82) is 0 Å². The molecule has 0 aliphatic carbocycles. The van der Waals surface area contributed by atoms with Crippen LogP contribution < -0.4 is 5.11 Å². The molecule has 1 atom stereocenters. The number of hydrogen-bond acceptors (Lipinski definition) is 3. The first kappa shape index (κ1) is 12.1. The maximum absolute atomic E-state index is 11.1. The highest BCUT2D eigenvalue weighted by Crippen LogP contribution is 2.08. The Bertz CT molecular complexity index is 205. The van der Waals surface area contributed by atoms with Crippen molar-refractivity contribution in [3.63, 3.8) is 0 Å². The van der Waals surface area contributed by atoms with Crippen LogP contribution >= 0.6 is 0 Å². The molecule has 0 heterocycles. The number of hydrogen-bond donors (Lipinski definition) is 0. The van der Waals surface area contributed by atoms with E-state index in [1.807, 2.05) is 21.1 Å². The lowest BCUT2D eigenvalue weighted by Crippen LogP contribution is -2.43. The molecule has 4 heteroatoms. The Morgan fingerprint density at radius 3 is 2.00 bits per heavy atom. The fourth-order valence-electron chi connectivity index (χ4n) is 1.20. The van der Waals surface area contributed by atoms with Crippen molar-refractivity contribution in [1.82, 2.24) is 0 Å². The minimum atomic E-state index is -1.16. The van der Waals surface area contributed by atoms with E-state index >= 15 is 0 Å². The van der Waals surface area contributed by atoms with Crippen molar-refractivity contribution >= 4 is 11.8 Å². The van der Waals surface area contributed by atoms with Gasteiger partial charge in [0, 0.05) is 12.4 Å². The molecule has 0 radical (unpaired) electrons. The van der Waals surface area contributed by atoms with Gasteiger partial charge in [-0.2, -0.15) is 0 Å². The summed E-state index contributed by atoms with van der Waals surface area (Å²) >= 11 is 0. The van der Waals surface area contributed by atoms with Gasteiger partial charge in [-0.05, 0) is 6.92 Å². The van der Waals surface area contributed by atoms with Crippen LogP contribution in [0.1, 0.15) is 13.3 Å². The van der Waals surface area contributed by atoms with E-state index < -0.39 is 11.9 Å². The number of carboxylic acids is 1. The molecule has 0 spiro atoms. The van der Waals surface area contributed by atoms with E-state index in [-0.39, 0.29) is 12.2 Å². The van der Waals surface area contributed by atoms with E-state index in [4.69, 9.17) is 0 Å². The molecule has 0 aromatic heterocycles.